The molecule has 1 unspecified atom stereocenters. The van der Waals surface area contributed by atoms with Gasteiger partial charge in [0.1, 0.15) is 5.75 Å². The van der Waals surface area contributed by atoms with Gasteiger partial charge in [-0.2, -0.15) is 11.8 Å². The van der Waals surface area contributed by atoms with E-state index in [4.69, 9.17) is 15.7 Å². The summed E-state index contributed by atoms with van der Waals surface area (Å²) in [6.45, 7) is 2.58. The maximum absolute atomic E-state index is 11.7. The molecule has 1 atom stereocenters. The zero-order chi connectivity index (χ0) is 15.7. The fourth-order valence-corrected chi connectivity index (χ4v) is 2.37. The zero-order valence-corrected chi connectivity index (χ0v) is 13.0. The van der Waals surface area contributed by atoms with Crippen molar-refractivity contribution in [3.8, 4) is 5.75 Å². The molecule has 0 heterocycles. The van der Waals surface area contributed by atoms with Gasteiger partial charge in [0.15, 0.2) is 12.4 Å². The number of hydrogen-bond donors (Lipinski definition) is 3. The number of oxime groups is 1. The third kappa shape index (κ3) is 5.95. The molecule has 7 heteroatoms. The molecule has 116 valence electrons. The number of ether oxygens (including phenoxy) is 1. The summed E-state index contributed by atoms with van der Waals surface area (Å²) in [5.41, 5.74) is 6.00. The van der Waals surface area contributed by atoms with E-state index < -0.39 is 0 Å². The smallest absolute Gasteiger partial charge is 0.257 e. The lowest BCUT2D eigenvalue weighted by Gasteiger charge is -2.13. The third-order valence-corrected chi connectivity index (χ3v) is 3.63. The summed E-state index contributed by atoms with van der Waals surface area (Å²) >= 11 is 1.75. The monoisotopic (exact) mass is 311 g/mol. The minimum atomic E-state index is -0.197. The summed E-state index contributed by atoms with van der Waals surface area (Å²) in [6.07, 6.45) is 2.03. The lowest BCUT2D eigenvalue weighted by Crippen LogP contribution is -2.33. The first kappa shape index (κ1) is 17.2. The molecule has 4 N–H and O–H groups in total. The number of rotatable bonds is 8. The summed E-state index contributed by atoms with van der Waals surface area (Å²) in [5, 5.41) is 14.5. The first-order chi connectivity index (χ1) is 10.1. The minimum Gasteiger partial charge on any atom is -0.483 e. The number of nitrogens with one attached hydrogen (secondary N) is 1. The Morgan fingerprint density at radius 2 is 2.24 bits per heavy atom. The number of carbonyl (C=O) groups excluding carboxylic acids is 1. The van der Waals surface area contributed by atoms with E-state index in [2.05, 4.69) is 17.4 Å². The summed E-state index contributed by atoms with van der Waals surface area (Å²) in [7, 11) is 0. The van der Waals surface area contributed by atoms with Gasteiger partial charge in [-0.1, -0.05) is 24.2 Å². The van der Waals surface area contributed by atoms with Crippen LogP contribution < -0.4 is 15.8 Å². The van der Waals surface area contributed by atoms with Crippen LogP contribution in [0.25, 0.3) is 0 Å². The Kier molecular flexibility index (Phi) is 7.45. The lowest BCUT2D eigenvalue weighted by molar-refractivity contribution is -0.123. The quantitative estimate of drug-likeness (QED) is 0.291. The van der Waals surface area contributed by atoms with Crippen LogP contribution in [0, 0.1) is 5.92 Å². The maximum Gasteiger partial charge on any atom is 0.257 e. The van der Waals surface area contributed by atoms with Gasteiger partial charge in [-0.05, 0) is 30.1 Å². The summed E-state index contributed by atoms with van der Waals surface area (Å²) in [5.74, 6) is 1.55. The van der Waals surface area contributed by atoms with Crippen LogP contribution in [0.2, 0.25) is 0 Å². The molecular formula is C14H21N3O3S. The Bertz CT molecular complexity index is 494. The van der Waals surface area contributed by atoms with E-state index >= 15 is 0 Å². The molecule has 0 saturated carbocycles. The Labute approximate surface area is 128 Å². The number of hydrogen-bond acceptors (Lipinski definition) is 5. The molecular weight excluding hydrogens is 290 g/mol. The summed E-state index contributed by atoms with van der Waals surface area (Å²) in [6, 6.07) is 6.81. The average molecular weight is 311 g/mol. The largest absolute Gasteiger partial charge is 0.483 e. The van der Waals surface area contributed by atoms with Crippen LogP contribution in [0.5, 0.6) is 5.75 Å². The van der Waals surface area contributed by atoms with Crippen LogP contribution in [-0.4, -0.2) is 42.1 Å². The molecule has 0 aliphatic carbocycles. The van der Waals surface area contributed by atoms with Crippen LogP contribution in [-0.2, 0) is 4.79 Å². The number of benzene rings is 1. The van der Waals surface area contributed by atoms with Gasteiger partial charge in [-0.15, -0.1) is 0 Å². The number of thioether (sulfide) groups is 1. The molecule has 0 fully saturated rings. The van der Waals surface area contributed by atoms with Crippen LogP contribution >= 0.6 is 11.8 Å². The predicted octanol–water partition coefficient (Wildman–Crippen LogP) is 1.28. The van der Waals surface area contributed by atoms with Gasteiger partial charge in [-0.3, -0.25) is 4.79 Å². The van der Waals surface area contributed by atoms with E-state index in [0.717, 1.165) is 5.75 Å². The number of amides is 1. The van der Waals surface area contributed by atoms with E-state index in [1.54, 1.807) is 36.0 Å². The van der Waals surface area contributed by atoms with Crippen molar-refractivity contribution in [2.45, 2.75) is 6.92 Å². The van der Waals surface area contributed by atoms with Crippen molar-refractivity contribution in [1.29, 1.82) is 0 Å². The first-order valence-corrected chi connectivity index (χ1v) is 7.93. The maximum atomic E-state index is 11.7. The van der Waals surface area contributed by atoms with Gasteiger partial charge in [-0.25, -0.2) is 0 Å². The Morgan fingerprint density at radius 3 is 2.90 bits per heavy atom. The van der Waals surface area contributed by atoms with Crippen molar-refractivity contribution in [2.24, 2.45) is 16.8 Å². The summed E-state index contributed by atoms with van der Waals surface area (Å²) in [4.78, 5) is 11.7. The Hall–Kier alpha value is -1.89. The SMILES string of the molecule is CSCC(C)CNC(=O)COc1ccccc1C(N)=NO. The molecule has 6 nitrogen and oxygen atoms in total. The molecule has 0 radical (unpaired) electrons. The molecule has 1 rings (SSSR count). The van der Waals surface area contributed by atoms with Gasteiger partial charge in [0.25, 0.3) is 5.91 Å². The number of nitrogens with zero attached hydrogens (tertiary/aromatic N) is 1. The molecule has 0 spiro atoms. The van der Waals surface area contributed by atoms with Crippen molar-refractivity contribution in [3.05, 3.63) is 29.8 Å². The molecule has 1 aromatic rings. The second-order valence-electron chi connectivity index (χ2n) is 4.63. The van der Waals surface area contributed by atoms with Crippen molar-refractivity contribution in [3.63, 3.8) is 0 Å². The van der Waals surface area contributed by atoms with E-state index in [0.29, 0.717) is 23.8 Å². The molecule has 1 aromatic carbocycles. The fourth-order valence-electron chi connectivity index (χ4n) is 1.68. The average Bonchev–Trinajstić information content (AvgIpc) is 2.50. The highest BCUT2D eigenvalue weighted by Gasteiger charge is 2.10. The van der Waals surface area contributed by atoms with Gasteiger partial charge in [0.2, 0.25) is 0 Å². The van der Waals surface area contributed by atoms with Crippen molar-refractivity contribution in [1.82, 2.24) is 5.32 Å². The second kappa shape index (κ2) is 9.12. The van der Waals surface area contributed by atoms with Gasteiger partial charge >= 0.3 is 0 Å². The van der Waals surface area contributed by atoms with Crippen molar-refractivity contribution < 1.29 is 14.7 Å². The highest BCUT2D eigenvalue weighted by molar-refractivity contribution is 7.98. The van der Waals surface area contributed by atoms with Crippen LogP contribution in [0.4, 0.5) is 0 Å². The van der Waals surface area contributed by atoms with E-state index in [1.807, 2.05) is 6.26 Å². The van der Waals surface area contributed by atoms with E-state index in [9.17, 15) is 4.79 Å². The van der Waals surface area contributed by atoms with Crippen LogP contribution in [0.15, 0.2) is 29.4 Å². The molecule has 0 aromatic heterocycles. The van der Waals surface area contributed by atoms with Gasteiger partial charge in [0, 0.05) is 6.54 Å². The lowest BCUT2D eigenvalue weighted by atomic mass is 10.2. The van der Waals surface area contributed by atoms with Crippen molar-refractivity contribution in [2.75, 3.05) is 25.2 Å². The highest BCUT2D eigenvalue weighted by atomic mass is 32.2. The van der Waals surface area contributed by atoms with Crippen LogP contribution in [0.1, 0.15) is 12.5 Å². The van der Waals surface area contributed by atoms with Gasteiger partial charge in [0.05, 0.1) is 5.56 Å². The molecule has 0 aliphatic rings. The molecule has 21 heavy (non-hydrogen) atoms. The predicted molar refractivity (Wildman–Crippen MR) is 85.0 cm³/mol. The Balaban J connectivity index is 2.50. The molecule has 0 bridgehead atoms. The highest BCUT2D eigenvalue weighted by Crippen LogP contribution is 2.17. The number of para-hydroxylation sites is 1. The summed E-state index contributed by atoms with van der Waals surface area (Å²) < 4.78 is 5.42. The third-order valence-electron chi connectivity index (χ3n) is 2.73. The normalized spacial score (nSPS) is 12.8. The topological polar surface area (TPSA) is 96.9 Å². The fraction of sp³-hybridized carbons (Fsp3) is 0.429. The van der Waals surface area contributed by atoms with Crippen molar-refractivity contribution >= 4 is 23.5 Å². The molecule has 0 aliphatic heterocycles. The number of amidine groups is 1. The minimum absolute atomic E-state index is 0.0559. The van der Waals surface area contributed by atoms with E-state index in [1.165, 1.54) is 0 Å². The zero-order valence-electron chi connectivity index (χ0n) is 12.2. The Morgan fingerprint density at radius 1 is 1.52 bits per heavy atom. The molecule has 1 amide bonds. The second-order valence-corrected chi connectivity index (χ2v) is 5.55. The molecule has 0 saturated heterocycles. The number of nitrogens with two attached hydrogens (primary N) is 1. The first-order valence-electron chi connectivity index (χ1n) is 6.53. The standard InChI is InChI=1S/C14H21N3O3S/c1-10(9-21-2)7-16-13(18)8-20-12-6-4-3-5-11(12)14(15)17-19/h3-6,10,19H,7-9H2,1-2H3,(H2,15,17)(H,16,18). The number of carbonyl (C=O) groups is 1. The van der Waals surface area contributed by atoms with Crippen LogP contribution in [0.3, 0.4) is 0 Å². The van der Waals surface area contributed by atoms with Gasteiger partial charge < -0.3 is 21.0 Å². The van der Waals surface area contributed by atoms with E-state index in [-0.39, 0.29) is 18.3 Å².